The molecule has 3 aromatic carbocycles. The van der Waals surface area contributed by atoms with Crippen molar-refractivity contribution in [3.05, 3.63) is 101 Å². The summed E-state index contributed by atoms with van der Waals surface area (Å²) in [5, 5.41) is 0.385. The minimum atomic E-state index is -5.40. The number of hydroxylamine groups is 1. The van der Waals surface area contributed by atoms with E-state index in [1.807, 2.05) is 18.2 Å². The van der Waals surface area contributed by atoms with E-state index in [9.17, 15) is 31.5 Å². The third-order valence-electron chi connectivity index (χ3n) is 7.30. The lowest BCUT2D eigenvalue weighted by atomic mass is 9.90. The van der Waals surface area contributed by atoms with E-state index in [4.69, 9.17) is 11.6 Å². The molecule has 0 unspecified atom stereocenters. The van der Waals surface area contributed by atoms with E-state index in [1.54, 1.807) is 0 Å². The number of hydrogen-bond acceptors (Lipinski definition) is 4. The molecule has 1 aliphatic rings. The van der Waals surface area contributed by atoms with Crippen LogP contribution in [0.15, 0.2) is 72.8 Å². The molecule has 0 radical (unpaired) electrons. The Morgan fingerprint density at radius 2 is 1.53 bits per heavy atom. The number of carbonyl (C=O) groups is 2. The van der Waals surface area contributed by atoms with Gasteiger partial charge in [-0.1, -0.05) is 48.0 Å². The van der Waals surface area contributed by atoms with Gasteiger partial charge in [0.25, 0.3) is 0 Å². The molecule has 0 aliphatic carbocycles. The first kappa shape index (κ1) is 32.2. The van der Waals surface area contributed by atoms with Crippen LogP contribution in [0.1, 0.15) is 30.4 Å². The predicted octanol–water partition coefficient (Wildman–Crippen LogP) is 7.41. The number of anilines is 1. The number of halogens is 6. The highest BCUT2D eigenvalue weighted by Gasteiger charge is 2.44. The van der Waals surface area contributed by atoms with Gasteiger partial charge in [0.15, 0.2) is 0 Å². The zero-order chi connectivity index (χ0) is 31.0. The summed E-state index contributed by atoms with van der Waals surface area (Å²) in [5.41, 5.74) is 0.606. The Hall–Kier alpha value is -3.70. The first-order valence-corrected chi connectivity index (χ1v) is 14.2. The molecule has 12 heteroatoms. The van der Waals surface area contributed by atoms with E-state index >= 15 is 0 Å². The van der Waals surface area contributed by atoms with Crippen LogP contribution in [0.5, 0.6) is 0 Å². The van der Waals surface area contributed by atoms with Gasteiger partial charge in [0.05, 0.1) is 12.2 Å². The number of alkyl halides is 3. The molecular weight excluding hydrogens is 593 g/mol. The van der Waals surface area contributed by atoms with Crippen molar-refractivity contribution in [2.45, 2.75) is 38.4 Å². The summed E-state index contributed by atoms with van der Waals surface area (Å²) in [7, 11) is 0. The largest absolute Gasteiger partial charge is 0.493 e. The van der Waals surface area contributed by atoms with Gasteiger partial charge in [-0.2, -0.15) is 13.2 Å². The Balaban J connectivity index is 1.47. The molecule has 230 valence electrons. The van der Waals surface area contributed by atoms with Crippen LogP contribution in [0, 0.1) is 17.6 Å². The Labute approximate surface area is 251 Å². The van der Waals surface area contributed by atoms with Crippen LogP contribution in [0.4, 0.5) is 32.4 Å². The number of benzene rings is 3. The van der Waals surface area contributed by atoms with Crippen molar-refractivity contribution >= 4 is 29.3 Å². The molecule has 1 fully saturated rings. The SMILES string of the molecule is O=C(N(CCCN1CCC(Cc2ccccc2)CC1)Cc1c(F)cccc1F)N(OC(=O)C(F)(F)F)c1ccc(Cl)cc1. The number of rotatable bonds is 9. The smallest absolute Gasteiger partial charge is 0.323 e. The zero-order valence-corrected chi connectivity index (χ0v) is 24.0. The molecule has 0 aromatic heterocycles. The molecule has 3 aromatic rings. The number of amides is 2. The maximum absolute atomic E-state index is 14.6. The Kier molecular flexibility index (Phi) is 11.0. The summed E-state index contributed by atoms with van der Waals surface area (Å²) in [6.45, 7) is 1.51. The minimum absolute atomic E-state index is 0.0792. The summed E-state index contributed by atoms with van der Waals surface area (Å²) in [5.74, 6) is -3.95. The van der Waals surface area contributed by atoms with E-state index in [1.165, 1.54) is 29.8 Å². The number of nitrogens with zero attached hydrogens (tertiary/aromatic N) is 3. The minimum Gasteiger partial charge on any atom is -0.323 e. The lowest BCUT2D eigenvalue weighted by Crippen LogP contribution is -2.47. The molecule has 1 heterocycles. The third-order valence-corrected chi connectivity index (χ3v) is 7.55. The van der Waals surface area contributed by atoms with Crippen molar-refractivity contribution in [3.63, 3.8) is 0 Å². The molecule has 6 nitrogen and oxygen atoms in total. The van der Waals surface area contributed by atoms with Crippen molar-refractivity contribution in [2.75, 3.05) is 31.2 Å². The fourth-order valence-electron chi connectivity index (χ4n) is 5.01. The van der Waals surface area contributed by atoms with E-state index in [-0.39, 0.29) is 22.3 Å². The molecule has 0 atom stereocenters. The average Bonchev–Trinajstić information content (AvgIpc) is 2.98. The molecule has 0 bridgehead atoms. The van der Waals surface area contributed by atoms with Gasteiger partial charge in [0, 0.05) is 17.1 Å². The van der Waals surface area contributed by atoms with Crippen LogP contribution in [0.3, 0.4) is 0 Å². The van der Waals surface area contributed by atoms with Crippen molar-refractivity contribution in [1.29, 1.82) is 0 Å². The summed E-state index contributed by atoms with van der Waals surface area (Å²) in [6, 6.07) is 17.2. The first-order chi connectivity index (χ1) is 20.5. The van der Waals surface area contributed by atoms with Crippen LogP contribution in [-0.4, -0.2) is 54.2 Å². The molecule has 43 heavy (non-hydrogen) atoms. The summed E-state index contributed by atoms with van der Waals surface area (Å²) < 4.78 is 68.5. The topological polar surface area (TPSA) is 53.1 Å². The fraction of sp³-hybridized carbons (Fsp3) is 0.355. The second kappa shape index (κ2) is 14.7. The maximum atomic E-state index is 14.6. The highest BCUT2D eigenvalue weighted by atomic mass is 35.5. The lowest BCUT2D eigenvalue weighted by Gasteiger charge is -2.33. The van der Waals surface area contributed by atoms with Gasteiger partial charge in [0.1, 0.15) is 11.6 Å². The summed E-state index contributed by atoms with van der Waals surface area (Å²) >= 11 is 5.88. The van der Waals surface area contributed by atoms with E-state index < -0.39 is 41.9 Å². The summed E-state index contributed by atoms with van der Waals surface area (Å²) in [6.07, 6.45) is -2.10. The third kappa shape index (κ3) is 9.14. The van der Waals surface area contributed by atoms with E-state index in [2.05, 4.69) is 21.9 Å². The zero-order valence-electron chi connectivity index (χ0n) is 23.2. The molecule has 0 spiro atoms. The Bertz CT molecular complexity index is 1350. The van der Waals surface area contributed by atoms with Gasteiger partial charge >= 0.3 is 18.2 Å². The van der Waals surface area contributed by atoms with Crippen LogP contribution < -0.4 is 5.06 Å². The molecule has 0 N–H and O–H groups in total. The second-order valence-electron chi connectivity index (χ2n) is 10.4. The molecule has 1 aliphatic heterocycles. The van der Waals surface area contributed by atoms with Gasteiger partial charge in [-0.15, -0.1) is 5.06 Å². The van der Waals surface area contributed by atoms with Crippen molar-refractivity contribution in [1.82, 2.24) is 9.80 Å². The number of piperidine rings is 1. The van der Waals surface area contributed by atoms with Crippen molar-refractivity contribution < 1.29 is 36.4 Å². The van der Waals surface area contributed by atoms with Crippen molar-refractivity contribution in [2.24, 2.45) is 5.92 Å². The average molecular weight is 624 g/mol. The van der Waals surface area contributed by atoms with Crippen LogP contribution in [0.2, 0.25) is 5.02 Å². The van der Waals surface area contributed by atoms with Crippen molar-refractivity contribution in [3.8, 4) is 0 Å². The highest BCUT2D eigenvalue weighted by Crippen LogP contribution is 2.26. The number of urea groups is 1. The molecule has 1 saturated heterocycles. The van der Waals surface area contributed by atoms with Crippen LogP contribution in [0.25, 0.3) is 0 Å². The van der Waals surface area contributed by atoms with Gasteiger partial charge in [-0.3, -0.25) is 0 Å². The fourth-order valence-corrected chi connectivity index (χ4v) is 5.13. The van der Waals surface area contributed by atoms with Crippen LogP contribution in [-0.2, 0) is 22.6 Å². The molecular formula is C31H31ClF5N3O3. The number of carbonyl (C=O) groups excluding carboxylic acids is 2. The maximum Gasteiger partial charge on any atom is 0.493 e. The van der Waals surface area contributed by atoms with E-state index in [0.29, 0.717) is 18.9 Å². The normalized spacial score (nSPS) is 14.4. The highest BCUT2D eigenvalue weighted by molar-refractivity contribution is 6.30. The summed E-state index contributed by atoms with van der Waals surface area (Å²) in [4.78, 5) is 33.0. The molecule has 2 amide bonds. The monoisotopic (exact) mass is 623 g/mol. The van der Waals surface area contributed by atoms with Gasteiger partial charge in [0.2, 0.25) is 0 Å². The second-order valence-corrected chi connectivity index (χ2v) is 10.8. The van der Waals surface area contributed by atoms with E-state index in [0.717, 1.165) is 55.5 Å². The molecule has 0 saturated carbocycles. The predicted molar refractivity (Wildman–Crippen MR) is 152 cm³/mol. The van der Waals surface area contributed by atoms with Gasteiger partial charge in [-0.05, 0) is 93.2 Å². The number of likely N-dealkylation sites (tertiary alicyclic amines) is 1. The lowest BCUT2D eigenvalue weighted by molar-refractivity contribution is -0.200. The van der Waals surface area contributed by atoms with Gasteiger partial charge < -0.3 is 14.6 Å². The van der Waals surface area contributed by atoms with Crippen LogP contribution >= 0.6 is 11.6 Å². The number of hydrogen-bond donors (Lipinski definition) is 0. The molecule has 4 rings (SSSR count). The Morgan fingerprint density at radius 1 is 0.907 bits per heavy atom. The van der Waals surface area contributed by atoms with Gasteiger partial charge in [-0.25, -0.2) is 18.4 Å². The standard InChI is InChI=1S/C31H31ClF5N3O3/c32-24-10-12-25(13-11-24)40(43-29(41)31(35,36)37)30(42)39(21-26-27(33)8-4-9-28(26)34)17-5-16-38-18-14-23(15-19-38)20-22-6-2-1-3-7-22/h1-4,6-13,23H,5,14-21H2. The quantitative estimate of drug-likeness (QED) is 0.184. The first-order valence-electron chi connectivity index (χ1n) is 13.8. The Morgan fingerprint density at radius 3 is 2.14 bits per heavy atom.